The van der Waals surface area contributed by atoms with Gasteiger partial charge in [-0.2, -0.15) is 0 Å². The first-order chi connectivity index (χ1) is 9.51. The zero-order valence-electron chi connectivity index (χ0n) is 13.5. The second-order valence-corrected chi connectivity index (χ2v) is 6.84. The fraction of sp³-hybridized carbons (Fsp3) is 0.938. The number of rotatable bonds is 3. The molecule has 0 spiro atoms. The Morgan fingerprint density at radius 1 is 1.15 bits per heavy atom. The summed E-state index contributed by atoms with van der Waals surface area (Å²) < 4.78 is 5.40. The Kier molecular flexibility index (Phi) is 5.44. The Hall–Kier alpha value is -0.610. The highest BCUT2D eigenvalue weighted by atomic mass is 16.5. The number of piperidine rings is 2. The number of methoxy groups -OCH3 is 1. The van der Waals surface area contributed by atoms with Crippen molar-refractivity contribution in [3.05, 3.63) is 0 Å². The number of hydrogen-bond acceptors (Lipinski definition) is 3. The predicted octanol–water partition coefficient (Wildman–Crippen LogP) is 1.99. The number of carbonyl (C=O) groups is 1. The molecule has 2 aliphatic heterocycles. The van der Waals surface area contributed by atoms with Crippen LogP contribution in [0.3, 0.4) is 0 Å². The Morgan fingerprint density at radius 3 is 2.20 bits per heavy atom. The maximum Gasteiger partial charge on any atom is 0.239 e. The zero-order valence-corrected chi connectivity index (χ0v) is 13.5. The molecular formula is C16H30N2O2. The third-order valence-corrected chi connectivity index (χ3v) is 4.90. The van der Waals surface area contributed by atoms with E-state index in [-0.39, 0.29) is 6.04 Å². The molecule has 3 atom stereocenters. The molecule has 0 N–H and O–H groups in total. The lowest BCUT2D eigenvalue weighted by molar-refractivity contribution is -0.140. The highest BCUT2D eigenvalue weighted by Gasteiger charge is 2.32. The van der Waals surface area contributed by atoms with Gasteiger partial charge in [0.25, 0.3) is 0 Å². The van der Waals surface area contributed by atoms with E-state index in [0.29, 0.717) is 23.8 Å². The van der Waals surface area contributed by atoms with Crippen LogP contribution in [0.15, 0.2) is 0 Å². The number of hydrogen-bond donors (Lipinski definition) is 0. The van der Waals surface area contributed by atoms with E-state index >= 15 is 0 Å². The molecular weight excluding hydrogens is 252 g/mol. The molecule has 4 heteroatoms. The van der Waals surface area contributed by atoms with Crippen molar-refractivity contribution in [3.63, 3.8) is 0 Å². The van der Waals surface area contributed by atoms with Crippen LogP contribution in [0.5, 0.6) is 0 Å². The summed E-state index contributed by atoms with van der Waals surface area (Å²) in [6.45, 7) is 10.4. The number of likely N-dealkylation sites (tertiary alicyclic amines) is 2. The third kappa shape index (κ3) is 3.73. The molecule has 2 fully saturated rings. The minimum Gasteiger partial charge on any atom is -0.381 e. The summed E-state index contributed by atoms with van der Waals surface area (Å²) >= 11 is 0. The maximum atomic E-state index is 12.7. The molecule has 0 aromatic rings. The van der Waals surface area contributed by atoms with Crippen LogP contribution in [0.4, 0.5) is 0 Å². The van der Waals surface area contributed by atoms with Gasteiger partial charge < -0.3 is 9.64 Å². The molecule has 2 rings (SSSR count). The smallest absolute Gasteiger partial charge is 0.239 e. The Labute approximate surface area is 123 Å². The SMILES string of the molecule is COC1CCN([C@H](C)C(=O)N2C[C@H](C)C[C@@H](C)C2)CC1. The highest BCUT2D eigenvalue weighted by Crippen LogP contribution is 2.23. The molecule has 1 amide bonds. The van der Waals surface area contributed by atoms with Gasteiger partial charge in [-0.15, -0.1) is 0 Å². The summed E-state index contributed by atoms with van der Waals surface area (Å²) in [5.41, 5.74) is 0. The van der Waals surface area contributed by atoms with Gasteiger partial charge in [0.15, 0.2) is 0 Å². The molecule has 0 radical (unpaired) electrons. The average Bonchev–Trinajstić information content (AvgIpc) is 2.45. The first-order valence-electron chi connectivity index (χ1n) is 8.07. The maximum absolute atomic E-state index is 12.7. The standard InChI is InChI=1S/C16H30N2O2/c1-12-9-13(2)11-18(10-12)16(19)14(3)17-7-5-15(20-4)6-8-17/h12-15H,5-11H2,1-4H3/t12-,13-,14-/m1/s1. The molecule has 0 bridgehead atoms. The molecule has 0 unspecified atom stereocenters. The minimum atomic E-state index is 0.0188. The van der Waals surface area contributed by atoms with Crippen molar-refractivity contribution in [2.75, 3.05) is 33.3 Å². The number of carbonyl (C=O) groups excluding carboxylic acids is 1. The summed E-state index contributed by atoms with van der Waals surface area (Å²) in [6.07, 6.45) is 3.71. The third-order valence-electron chi connectivity index (χ3n) is 4.90. The van der Waals surface area contributed by atoms with Crippen molar-refractivity contribution in [2.45, 2.75) is 52.2 Å². The summed E-state index contributed by atoms with van der Waals surface area (Å²) in [5, 5.41) is 0. The van der Waals surface area contributed by atoms with Crippen molar-refractivity contribution >= 4 is 5.91 Å². The van der Waals surface area contributed by atoms with E-state index in [0.717, 1.165) is 39.0 Å². The van der Waals surface area contributed by atoms with Gasteiger partial charge in [0.1, 0.15) is 0 Å². The largest absolute Gasteiger partial charge is 0.381 e. The Morgan fingerprint density at radius 2 is 1.70 bits per heavy atom. The van der Waals surface area contributed by atoms with Gasteiger partial charge in [0.05, 0.1) is 12.1 Å². The van der Waals surface area contributed by atoms with E-state index in [1.807, 2.05) is 0 Å². The van der Waals surface area contributed by atoms with Gasteiger partial charge in [-0.1, -0.05) is 13.8 Å². The summed E-state index contributed by atoms with van der Waals surface area (Å²) in [4.78, 5) is 17.1. The lowest BCUT2D eigenvalue weighted by atomic mass is 9.91. The van der Waals surface area contributed by atoms with Gasteiger partial charge in [-0.05, 0) is 38.0 Å². The van der Waals surface area contributed by atoms with E-state index in [4.69, 9.17) is 4.74 Å². The van der Waals surface area contributed by atoms with E-state index in [1.54, 1.807) is 7.11 Å². The van der Waals surface area contributed by atoms with Crippen molar-refractivity contribution < 1.29 is 9.53 Å². The fourth-order valence-electron chi connectivity index (χ4n) is 3.76. The van der Waals surface area contributed by atoms with Gasteiger partial charge >= 0.3 is 0 Å². The van der Waals surface area contributed by atoms with Crippen LogP contribution < -0.4 is 0 Å². The van der Waals surface area contributed by atoms with Gasteiger partial charge in [-0.3, -0.25) is 9.69 Å². The quantitative estimate of drug-likeness (QED) is 0.793. The molecule has 20 heavy (non-hydrogen) atoms. The van der Waals surface area contributed by atoms with Crippen LogP contribution in [0.25, 0.3) is 0 Å². The fourth-order valence-corrected chi connectivity index (χ4v) is 3.76. The predicted molar refractivity (Wildman–Crippen MR) is 80.6 cm³/mol. The van der Waals surface area contributed by atoms with E-state index < -0.39 is 0 Å². The molecule has 0 aromatic carbocycles. The van der Waals surface area contributed by atoms with Crippen molar-refractivity contribution in [1.82, 2.24) is 9.80 Å². The molecule has 2 aliphatic rings. The lowest BCUT2D eigenvalue weighted by Crippen LogP contribution is -2.53. The first-order valence-corrected chi connectivity index (χ1v) is 8.07. The molecule has 4 nitrogen and oxygen atoms in total. The number of nitrogens with zero attached hydrogens (tertiary/aromatic N) is 2. The Balaban J connectivity index is 1.88. The normalized spacial score (nSPS) is 31.3. The topological polar surface area (TPSA) is 32.8 Å². The number of ether oxygens (including phenoxy) is 1. The van der Waals surface area contributed by atoms with Gasteiger partial charge in [0.2, 0.25) is 5.91 Å². The molecule has 2 heterocycles. The summed E-state index contributed by atoms with van der Waals surface area (Å²) in [7, 11) is 1.78. The average molecular weight is 282 g/mol. The minimum absolute atomic E-state index is 0.0188. The monoisotopic (exact) mass is 282 g/mol. The van der Waals surface area contributed by atoms with Crippen LogP contribution in [-0.2, 0) is 9.53 Å². The van der Waals surface area contributed by atoms with E-state index in [9.17, 15) is 4.79 Å². The van der Waals surface area contributed by atoms with Crippen LogP contribution in [0.1, 0.15) is 40.0 Å². The van der Waals surface area contributed by atoms with Crippen LogP contribution in [0, 0.1) is 11.8 Å². The Bertz CT molecular complexity index is 316. The molecule has 2 saturated heterocycles. The van der Waals surface area contributed by atoms with Crippen LogP contribution in [-0.4, -0.2) is 61.1 Å². The molecule has 0 saturated carbocycles. The lowest BCUT2D eigenvalue weighted by Gasteiger charge is -2.40. The molecule has 0 aromatic heterocycles. The van der Waals surface area contributed by atoms with Crippen molar-refractivity contribution in [2.24, 2.45) is 11.8 Å². The number of amides is 1. The van der Waals surface area contributed by atoms with Crippen molar-refractivity contribution in [1.29, 1.82) is 0 Å². The zero-order chi connectivity index (χ0) is 14.7. The van der Waals surface area contributed by atoms with Gasteiger partial charge in [-0.25, -0.2) is 0 Å². The summed E-state index contributed by atoms with van der Waals surface area (Å²) in [6, 6.07) is 0.0188. The molecule has 116 valence electrons. The second kappa shape index (κ2) is 6.90. The second-order valence-electron chi connectivity index (χ2n) is 6.84. The summed E-state index contributed by atoms with van der Waals surface area (Å²) in [5.74, 6) is 1.59. The van der Waals surface area contributed by atoms with Crippen molar-refractivity contribution in [3.8, 4) is 0 Å². The van der Waals surface area contributed by atoms with Crippen LogP contribution >= 0.6 is 0 Å². The van der Waals surface area contributed by atoms with Crippen LogP contribution in [0.2, 0.25) is 0 Å². The van der Waals surface area contributed by atoms with E-state index in [1.165, 1.54) is 6.42 Å². The molecule has 0 aliphatic carbocycles. The van der Waals surface area contributed by atoms with E-state index in [2.05, 4.69) is 30.6 Å². The highest BCUT2D eigenvalue weighted by molar-refractivity contribution is 5.81. The van der Waals surface area contributed by atoms with Gasteiger partial charge in [0, 0.05) is 33.3 Å². The first kappa shape index (κ1) is 15.8.